The number of hydrogen-bond acceptors (Lipinski definition) is 5. The van der Waals surface area contributed by atoms with Crippen LogP contribution in [-0.2, 0) is 0 Å². The molecule has 0 bridgehead atoms. The SMILES string of the molecule is CC(C)N(C)C(=O)c1cc(F)ccc1-n1c(=O)n(C2CCN(CCC3CCC(N)CC3)CC2)c2ccncc21. The van der Waals surface area contributed by atoms with Crippen LogP contribution in [0, 0.1) is 11.7 Å². The summed E-state index contributed by atoms with van der Waals surface area (Å²) in [7, 11) is 1.69. The zero-order chi connectivity index (χ0) is 27.7. The Kier molecular flexibility index (Phi) is 8.19. The van der Waals surface area contributed by atoms with Gasteiger partial charge in [-0.25, -0.2) is 9.18 Å². The predicted molar refractivity (Wildman–Crippen MR) is 152 cm³/mol. The first-order valence-electron chi connectivity index (χ1n) is 14.4. The Hall–Kier alpha value is -3.04. The number of benzene rings is 1. The van der Waals surface area contributed by atoms with E-state index in [2.05, 4.69) is 9.88 Å². The smallest absolute Gasteiger partial charge is 0.334 e. The van der Waals surface area contributed by atoms with Crippen molar-refractivity contribution in [1.82, 2.24) is 23.9 Å². The van der Waals surface area contributed by atoms with Gasteiger partial charge in [-0.1, -0.05) is 0 Å². The van der Waals surface area contributed by atoms with Crippen molar-refractivity contribution in [3.05, 3.63) is 58.5 Å². The third kappa shape index (κ3) is 5.65. The van der Waals surface area contributed by atoms with Gasteiger partial charge in [0.2, 0.25) is 0 Å². The molecule has 0 spiro atoms. The molecule has 1 saturated carbocycles. The first-order valence-corrected chi connectivity index (χ1v) is 14.4. The molecule has 39 heavy (non-hydrogen) atoms. The molecule has 2 aromatic heterocycles. The molecule has 1 saturated heterocycles. The van der Waals surface area contributed by atoms with Crippen LogP contribution in [0.2, 0.25) is 0 Å². The van der Waals surface area contributed by atoms with Gasteiger partial charge in [0.1, 0.15) is 5.82 Å². The van der Waals surface area contributed by atoms with E-state index in [9.17, 15) is 14.0 Å². The van der Waals surface area contributed by atoms with Gasteiger partial charge in [-0.3, -0.25) is 18.9 Å². The monoisotopic (exact) mass is 536 g/mol. The number of fused-ring (bicyclic) bond motifs is 1. The van der Waals surface area contributed by atoms with E-state index in [1.807, 2.05) is 24.5 Å². The Balaban J connectivity index is 1.41. The number of pyridine rings is 1. The minimum atomic E-state index is -0.516. The second-order valence-corrected chi connectivity index (χ2v) is 11.7. The number of piperidine rings is 1. The standard InChI is InChI=1S/C30H41FN6O2/c1-20(2)34(3)29(38)25-18-22(31)6-9-26(25)37-28-19-33-14-10-27(28)36(30(37)39)24-12-16-35(17-13-24)15-11-21-4-7-23(32)8-5-21/h6,9-10,14,18-21,23-24H,4-5,7-8,11-13,15-17,32H2,1-3H3. The van der Waals surface area contributed by atoms with E-state index in [0.717, 1.165) is 56.8 Å². The molecule has 5 rings (SSSR count). The average Bonchev–Trinajstić information content (AvgIpc) is 3.23. The van der Waals surface area contributed by atoms with Crippen molar-refractivity contribution in [2.75, 3.05) is 26.7 Å². The van der Waals surface area contributed by atoms with E-state index in [1.165, 1.54) is 42.0 Å². The lowest BCUT2D eigenvalue weighted by molar-refractivity contribution is 0.0754. The van der Waals surface area contributed by atoms with Gasteiger partial charge in [0.25, 0.3) is 5.91 Å². The zero-order valence-electron chi connectivity index (χ0n) is 23.4. The lowest BCUT2D eigenvalue weighted by Gasteiger charge is -2.34. The first kappa shape index (κ1) is 27.5. The van der Waals surface area contributed by atoms with Gasteiger partial charge in [-0.05, 0) is 95.5 Å². The van der Waals surface area contributed by atoms with Crippen LogP contribution in [0.25, 0.3) is 16.7 Å². The molecule has 0 atom stereocenters. The molecule has 2 aliphatic rings. The minimum absolute atomic E-state index is 0.0468. The predicted octanol–water partition coefficient (Wildman–Crippen LogP) is 4.35. The van der Waals surface area contributed by atoms with Crippen LogP contribution >= 0.6 is 0 Å². The molecule has 1 aromatic carbocycles. The summed E-state index contributed by atoms with van der Waals surface area (Å²) in [4.78, 5) is 35.7. The Morgan fingerprint density at radius 2 is 1.82 bits per heavy atom. The van der Waals surface area contributed by atoms with Crippen molar-refractivity contribution in [3.63, 3.8) is 0 Å². The number of aromatic nitrogens is 3. The molecular weight excluding hydrogens is 495 g/mol. The van der Waals surface area contributed by atoms with Crippen molar-refractivity contribution >= 4 is 16.9 Å². The summed E-state index contributed by atoms with van der Waals surface area (Å²) >= 11 is 0. The second kappa shape index (κ2) is 11.6. The van der Waals surface area contributed by atoms with Crippen molar-refractivity contribution in [2.45, 2.75) is 76.9 Å². The molecule has 3 aromatic rings. The van der Waals surface area contributed by atoms with E-state index in [1.54, 1.807) is 24.3 Å². The normalized spacial score (nSPS) is 21.1. The maximum absolute atomic E-state index is 14.3. The highest BCUT2D eigenvalue weighted by Crippen LogP contribution is 2.30. The number of carbonyl (C=O) groups is 1. The molecule has 210 valence electrons. The summed E-state index contributed by atoms with van der Waals surface area (Å²) in [5, 5.41) is 0. The number of amides is 1. The van der Waals surface area contributed by atoms with Crippen molar-refractivity contribution in [2.24, 2.45) is 11.7 Å². The molecule has 0 radical (unpaired) electrons. The summed E-state index contributed by atoms with van der Waals surface area (Å²) in [6.45, 7) is 6.78. The fraction of sp³-hybridized carbons (Fsp3) is 0.567. The van der Waals surface area contributed by atoms with E-state index in [-0.39, 0.29) is 29.2 Å². The highest BCUT2D eigenvalue weighted by Gasteiger charge is 2.28. The number of rotatable bonds is 7. The van der Waals surface area contributed by atoms with Crippen molar-refractivity contribution in [3.8, 4) is 5.69 Å². The van der Waals surface area contributed by atoms with Crippen LogP contribution in [0.4, 0.5) is 4.39 Å². The second-order valence-electron chi connectivity index (χ2n) is 11.7. The molecule has 9 heteroatoms. The van der Waals surface area contributed by atoms with Crippen LogP contribution in [0.1, 0.15) is 75.2 Å². The van der Waals surface area contributed by atoms with Gasteiger partial charge in [-0.15, -0.1) is 0 Å². The summed E-state index contributed by atoms with van der Waals surface area (Å²) < 4.78 is 17.7. The van der Waals surface area contributed by atoms with Gasteiger partial charge >= 0.3 is 5.69 Å². The van der Waals surface area contributed by atoms with Gasteiger partial charge < -0.3 is 15.5 Å². The molecular formula is C30H41FN6O2. The number of carbonyl (C=O) groups excluding carboxylic acids is 1. The average molecular weight is 537 g/mol. The van der Waals surface area contributed by atoms with Crippen LogP contribution < -0.4 is 11.4 Å². The topological polar surface area (TPSA) is 89.4 Å². The fourth-order valence-corrected chi connectivity index (χ4v) is 6.20. The number of halogens is 1. The van der Waals surface area contributed by atoms with E-state index in [4.69, 9.17) is 5.73 Å². The van der Waals surface area contributed by atoms with E-state index >= 15 is 0 Å². The highest BCUT2D eigenvalue weighted by atomic mass is 19.1. The van der Waals surface area contributed by atoms with Crippen molar-refractivity contribution < 1.29 is 9.18 Å². The van der Waals surface area contributed by atoms with Crippen LogP contribution in [0.15, 0.2) is 41.5 Å². The molecule has 2 N–H and O–H groups in total. The minimum Gasteiger partial charge on any atom is -0.339 e. The van der Waals surface area contributed by atoms with Crippen LogP contribution in [0.3, 0.4) is 0 Å². The third-order valence-electron chi connectivity index (χ3n) is 8.87. The largest absolute Gasteiger partial charge is 0.339 e. The first-order chi connectivity index (χ1) is 18.7. The molecule has 1 aliphatic carbocycles. The Morgan fingerprint density at radius 3 is 2.51 bits per heavy atom. The number of imidazole rings is 1. The highest BCUT2D eigenvalue weighted by molar-refractivity contribution is 5.98. The zero-order valence-corrected chi connectivity index (χ0v) is 23.4. The molecule has 8 nitrogen and oxygen atoms in total. The van der Waals surface area contributed by atoms with Gasteiger partial charge in [-0.2, -0.15) is 0 Å². The van der Waals surface area contributed by atoms with Crippen LogP contribution in [0.5, 0.6) is 0 Å². The molecule has 0 unspecified atom stereocenters. The number of nitrogens with two attached hydrogens (primary N) is 1. The summed E-state index contributed by atoms with van der Waals surface area (Å²) in [5.41, 5.74) is 7.79. The van der Waals surface area contributed by atoms with E-state index in [0.29, 0.717) is 17.2 Å². The maximum atomic E-state index is 14.3. The lowest BCUT2D eigenvalue weighted by atomic mass is 9.84. The molecule has 2 fully saturated rings. The van der Waals surface area contributed by atoms with Gasteiger partial charge in [0.15, 0.2) is 0 Å². The van der Waals surface area contributed by atoms with Crippen LogP contribution in [-0.4, -0.2) is 68.6 Å². The van der Waals surface area contributed by atoms with Gasteiger partial charge in [0.05, 0.1) is 28.5 Å². The third-order valence-corrected chi connectivity index (χ3v) is 8.87. The number of hydrogen-bond donors (Lipinski definition) is 1. The molecule has 1 amide bonds. The quantitative estimate of drug-likeness (QED) is 0.485. The summed E-state index contributed by atoms with van der Waals surface area (Å²) in [6.07, 6.45) is 11.1. The van der Waals surface area contributed by atoms with E-state index < -0.39 is 5.82 Å². The summed E-state index contributed by atoms with van der Waals surface area (Å²) in [6, 6.07) is 6.26. The maximum Gasteiger partial charge on any atom is 0.334 e. The molecule has 1 aliphatic heterocycles. The number of likely N-dealkylation sites (tertiary alicyclic amines) is 1. The lowest BCUT2D eigenvalue weighted by Crippen LogP contribution is -2.39. The summed E-state index contributed by atoms with van der Waals surface area (Å²) in [5.74, 6) is -0.0694. The Labute approximate surface area is 229 Å². The fourth-order valence-electron chi connectivity index (χ4n) is 6.20. The Bertz CT molecular complexity index is 1370. The van der Waals surface area contributed by atoms with Crippen molar-refractivity contribution in [1.29, 1.82) is 0 Å². The molecule has 3 heterocycles. The Morgan fingerprint density at radius 1 is 1.10 bits per heavy atom. The van der Waals surface area contributed by atoms with Gasteiger partial charge in [0, 0.05) is 44.5 Å². The number of nitrogens with zero attached hydrogens (tertiary/aromatic N) is 5.